The van der Waals surface area contributed by atoms with Crippen LogP contribution in [0.4, 0.5) is 4.39 Å². The smallest absolute Gasteiger partial charge is 0.0379 e. The first-order valence-corrected chi connectivity index (χ1v) is 14.2. The van der Waals surface area contributed by atoms with Gasteiger partial charge in [-0.2, -0.15) is 0 Å². The molecule has 6 rings (SSSR count). The van der Waals surface area contributed by atoms with E-state index in [1.54, 1.807) is 6.07 Å². The summed E-state index contributed by atoms with van der Waals surface area (Å²) in [6, 6.07) is 45.6. The minimum absolute atomic E-state index is 0. The van der Waals surface area contributed by atoms with E-state index in [-0.39, 0.29) is 31.8 Å². The van der Waals surface area contributed by atoms with Gasteiger partial charge in [-0.3, -0.25) is 4.39 Å². The summed E-state index contributed by atoms with van der Waals surface area (Å²) >= 11 is 0. The zero-order valence-electron chi connectivity index (χ0n) is 24.5. The Morgan fingerprint density at radius 2 is 1.33 bits per heavy atom. The molecule has 0 aliphatic heterocycles. The average Bonchev–Trinajstić information content (AvgIpc) is 3.06. The fourth-order valence-electron chi connectivity index (χ4n) is 4.83. The van der Waals surface area contributed by atoms with Gasteiger partial charge >= 0.3 is 0 Å². The Balaban J connectivity index is 0.000000225. The number of rotatable bonds is 6. The second-order valence-corrected chi connectivity index (χ2v) is 10.5. The van der Waals surface area contributed by atoms with Gasteiger partial charge in [-0.15, -0.1) is 65.7 Å². The molecular weight excluding hydrogens is 708 g/mol. The molecule has 1 unspecified atom stereocenters. The maximum absolute atomic E-state index is 13.3. The SMILES string of the molecule is CC(C)c1ccnc(-c2[c-]cccc2)c1.CC(c1ccccc1)c1cc(-c2[c-]cc(F)cc2)ncc1-c1ccccc1.[Ir]. The molecule has 0 fully saturated rings. The van der Waals surface area contributed by atoms with Crippen LogP contribution in [0.25, 0.3) is 33.6 Å². The molecule has 0 amide bonds. The van der Waals surface area contributed by atoms with E-state index in [4.69, 9.17) is 0 Å². The van der Waals surface area contributed by atoms with Gasteiger partial charge in [-0.25, -0.2) is 0 Å². The second kappa shape index (κ2) is 15.3. The predicted molar refractivity (Wildman–Crippen MR) is 170 cm³/mol. The zero-order valence-corrected chi connectivity index (χ0v) is 26.9. The van der Waals surface area contributed by atoms with Gasteiger partial charge < -0.3 is 9.97 Å². The van der Waals surface area contributed by atoms with E-state index in [1.807, 2.05) is 60.9 Å². The molecule has 43 heavy (non-hydrogen) atoms. The molecule has 0 aliphatic rings. The number of hydrogen-bond acceptors (Lipinski definition) is 2. The predicted octanol–water partition coefficient (Wildman–Crippen LogP) is 10.2. The van der Waals surface area contributed by atoms with Crippen LogP contribution >= 0.6 is 0 Å². The maximum atomic E-state index is 13.3. The molecule has 1 atom stereocenters. The van der Waals surface area contributed by atoms with Gasteiger partial charge in [0.2, 0.25) is 0 Å². The van der Waals surface area contributed by atoms with E-state index in [0.29, 0.717) is 5.92 Å². The fraction of sp³-hybridized carbons (Fsp3) is 0.128. The summed E-state index contributed by atoms with van der Waals surface area (Å²) in [5, 5.41) is 0. The molecule has 0 saturated carbocycles. The Hall–Kier alpha value is -4.24. The van der Waals surface area contributed by atoms with E-state index in [9.17, 15) is 4.39 Å². The van der Waals surface area contributed by atoms with Crippen molar-refractivity contribution in [2.45, 2.75) is 32.6 Å². The topological polar surface area (TPSA) is 25.8 Å². The van der Waals surface area contributed by atoms with Crippen LogP contribution in [-0.2, 0) is 20.1 Å². The van der Waals surface area contributed by atoms with E-state index in [2.05, 4.69) is 97.5 Å². The molecule has 0 aliphatic carbocycles. The van der Waals surface area contributed by atoms with Crippen molar-refractivity contribution in [3.05, 3.63) is 168 Å². The average molecular weight is 741 g/mol. The molecule has 0 saturated heterocycles. The zero-order chi connectivity index (χ0) is 29.3. The third kappa shape index (κ3) is 8.19. The standard InChI is InChI=1S/C25H19FN.C14H14N.Ir/c1-18(19-8-4-2-5-9-19)23-16-25(21-12-14-22(26)15-13-21)27-17-24(23)20-10-6-3-7-11-20;1-11(2)13-8-9-15-14(10-13)12-6-4-3-5-7-12;/h2-12,14-18H,1H3;3-6,8-11H,1-2H3;/q2*-1;. The Morgan fingerprint density at radius 3 is 1.98 bits per heavy atom. The van der Waals surface area contributed by atoms with E-state index < -0.39 is 0 Å². The molecule has 6 aromatic rings. The van der Waals surface area contributed by atoms with Crippen molar-refractivity contribution in [3.8, 4) is 33.6 Å². The van der Waals surface area contributed by atoms with Crippen LogP contribution in [0.2, 0.25) is 0 Å². The van der Waals surface area contributed by atoms with Gasteiger partial charge in [0.15, 0.2) is 0 Å². The van der Waals surface area contributed by atoms with Crippen LogP contribution in [0.1, 0.15) is 49.3 Å². The summed E-state index contributed by atoms with van der Waals surface area (Å²) in [7, 11) is 0. The first-order chi connectivity index (χ1) is 20.5. The molecule has 0 N–H and O–H groups in total. The molecule has 217 valence electrons. The normalized spacial score (nSPS) is 11.2. The van der Waals surface area contributed by atoms with Gasteiger partial charge in [-0.05, 0) is 40.1 Å². The summed E-state index contributed by atoms with van der Waals surface area (Å²) in [4.78, 5) is 9.00. The van der Waals surface area contributed by atoms with E-state index in [0.717, 1.165) is 33.6 Å². The van der Waals surface area contributed by atoms with Gasteiger partial charge in [0.25, 0.3) is 0 Å². The van der Waals surface area contributed by atoms with Crippen molar-refractivity contribution in [3.63, 3.8) is 0 Å². The Labute approximate surface area is 268 Å². The molecule has 0 bridgehead atoms. The molecule has 4 heteroatoms. The summed E-state index contributed by atoms with van der Waals surface area (Å²) in [6.45, 7) is 6.58. The first kappa shape index (κ1) is 31.7. The third-order valence-electron chi connectivity index (χ3n) is 7.27. The largest absolute Gasteiger partial charge is 0.305 e. The monoisotopic (exact) mass is 741 g/mol. The van der Waals surface area contributed by atoms with Crippen LogP contribution in [0.5, 0.6) is 0 Å². The van der Waals surface area contributed by atoms with Crippen LogP contribution < -0.4 is 0 Å². The molecule has 2 heterocycles. The number of benzene rings is 4. The van der Waals surface area contributed by atoms with E-state index >= 15 is 0 Å². The van der Waals surface area contributed by atoms with Gasteiger partial charge in [0, 0.05) is 49.8 Å². The summed E-state index contributed by atoms with van der Waals surface area (Å²) in [5.41, 5.74) is 9.64. The molecule has 1 radical (unpaired) electrons. The third-order valence-corrected chi connectivity index (χ3v) is 7.27. The molecule has 2 nitrogen and oxygen atoms in total. The summed E-state index contributed by atoms with van der Waals surface area (Å²) in [5.74, 6) is 0.441. The quantitative estimate of drug-likeness (QED) is 0.159. The number of nitrogens with zero attached hydrogens (tertiary/aromatic N) is 2. The van der Waals surface area contributed by atoms with Crippen molar-refractivity contribution < 1.29 is 24.5 Å². The molecular formula is C39H33FIrN2-2. The minimum Gasteiger partial charge on any atom is -0.305 e. The van der Waals surface area contributed by atoms with Crippen LogP contribution in [0, 0.1) is 17.9 Å². The van der Waals surface area contributed by atoms with Gasteiger partial charge in [-0.1, -0.05) is 99.1 Å². The van der Waals surface area contributed by atoms with E-state index in [1.165, 1.54) is 28.8 Å². The molecule has 0 spiro atoms. The number of hydrogen-bond donors (Lipinski definition) is 0. The number of pyridine rings is 2. The molecule has 2 aromatic heterocycles. The Bertz CT molecular complexity index is 1700. The van der Waals surface area contributed by atoms with Crippen molar-refractivity contribution in [1.29, 1.82) is 0 Å². The van der Waals surface area contributed by atoms with Crippen molar-refractivity contribution >= 4 is 0 Å². The Morgan fingerprint density at radius 1 is 0.651 bits per heavy atom. The van der Waals surface area contributed by atoms with Crippen molar-refractivity contribution in [2.24, 2.45) is 0 Å². The number of halogens is 1. The van der Waals surface area contributed by atoms with Crippen molar-refractivity contribution in [2.75, 3.05) is 0 Å². The van der Waals surface area contributed by atoms with Gasteiger partial charge in [0.1, 0.15) is 0 Å². The molecule has 4 aromatic carbocycles. The van der Waals surface area contributed by atoms with Crippen LogP contribution in [0.3, 0.4) is 0 Å². The van der Waals surface area contributed by atoms with Crippen LogP contribution in [-0.4, -0.2) is 9.97 Å². The number of aromatic nitrogens is 2. The summed E-state index contributed by atoms with van der Waals surface area (Å²) < 4.78 is 13.3. The van der Waals surface area contributed by atoms with Crippen molar-refractivity contribution in [1.82, 2.24) is 9.97 Å². The maximum Gasteiger partial charge on any atom is 0.0379 e. The second-order valence-electron chi connectivity index (χ2n) is 10.5. The first-order valence-electron chi connectivity index (χ1n) is 14.2. The minimum atomic E-state index is -0.294. The van der Waals surface area contributed by atoms with Gasteiger partial charge in [0.05, 0.1) is 0 Å². The van der Waals surface area contributed by atoms with Crippen LogP contribution in [0.15, 0.2) is 134 Å². The fourth-order valence-corrected chi connectivity index (χ4v) is 4.83. The summed E-state index contributed by atoms with van der Waals surface area (Å²) in [6.07, 6.45) is 3.78. The Kier molecular flexibility index (Phi) is 11.3.